The van der Waals surface area contributed by atoms with Gasteiger partial charge in [-0.1, -0.05) is 12.1 Å². The van der Waals surface area contributed by atoms with Crippen LogP contribution in [-0.2, 0) is 13.2 Å². The molecular formula is C22H15F3N4O3. The molecule has 7 nitrogen and oxygen atoms in total. The minimum atomic E-state index is -4.59. The molecule has 0 unspecified atom stereocenters. The van der Waals surface area contributed by atoms with Crippen molar-refractivity contribution in [3.63, 3.8) is 0 Å². The number of aromatic nitrogens is 2. The van der Waals surface area contributed by atoms with Gasteiger partial charge in [0.2, 0.25) is 0 Å². The van der Waals surface area contributed by atoms with E-state index in [0.717, 1.165) is 6.07 Å². The summed E-state index contributed by atoms with van der Waals surface area (Å²) in [5, 5.41) is 13.4. The van der Waals surface area contributed by atoms with E-state index in [1.54, 1.807) is 13.1 Å². The van der Waals surface area contributed by atoms with Crippen molar-refractivity contribution in [1.29, 1.82) is 0 Å². The average molecular weight is 440 g/mol. The average Bonchev–Trinajstić information content (AvgIpc) is 3.12. The number of alkyl halides is 3. The van der Waals surface area contributed by atoms with Crippen LogP contribution in [0.3, 0.4) is 0 Å². The molecule has 10 heteroatoms. The largest absolute Gasteiger partial charge is 0.417 e. The third-order valence-corrected chi connectivity index (χ3v) is 4.94. The Hall–Kier alpha value is -4.21. The van der Waals surface area contributed by atoms with Crippen LogP contribution in [0.25, 0.3) is 22.2 Å². The topological polar surface area (TPSA) is 90.1 Å². The third-order valence-electron chi connectivity index (χ3n) is 4.94. The van der Waals surface area contributed by atoms with Crippen LogP contribution in [0.1, 0.15) is 15.9 Å². The van der Waals surface area contributed by atoms with Crippen molar-refractivity contribution in [3.8, 4) is 11.1 Å². The highest BCUT2D eigenvalue weighted by molar-refractivity contribution is 6.04. The fourth-order valence-corrected chi connectivity index (χ4v) is 3.35. The summed E-state index contributed by atoms with van der Waals surface area (Å²) in [5.74, 6) is -0.548. The van der Waals surface area contributed by atoms with Gasteiger partial charge >= 0.3 is 6.18 Å². The molecule has 4 aromatic rings. The molecule has 4 rings (SSSR count). The first-order valence-corrected chi connectivity index (χ1v) is 9.32. The number of carbonyl (C=O) groups excluding carboxylic acids is 1. The quantitative estimate of drug-likeness (QED) is 0.339. The second-order valence-electron chi connectivity index (χ2n) is 7.08. The summed E-state index contributed by atoms with van der Waals surface area (Å²) in [5.41, 5.74) is 0.439. The summed E-state index contributed by atoms with van der Waals surface area (Å²) in [6, 6.07) is 13.4. The number of nitrogens with one attached hydrogen (secondary N) is 1. The molecule has 0 bridgehead atoms. The number of nitro groups is 1. The van der Waals surface area contributed by atoms with Crippen LogP contribution in [-0.4, -0.2) is 20.4 Å². The number of benzene rings is 3. The molecule has 0 atom stereocenters. The molecule has 0 aliphatic carbocycles. The van der Waals surface area contributed by atoms with E-state index in [0.29, 0.717) is 11.0 Å². The summed E-state index contributed by atoms with van der Waals surface area (Å²) in [7, 11) is 1.61. The number of nitro benzene ring substituents is 1. The van der Waals surface area contributed by atoms with Crippen LogP contribution in [0.15, 0.2) is 67.0 Å². The van der Waals surface area contributed by atoms with Gasteiger partial charge in [-0.25, -0.2) is 4.98 Å². The van der Waals surface area contributed by atoms with Crippen molar-refractivity contribution < 1.29 is 22.9 Å². The van der Waals surface area contributed by atoms with Gasteiger partial charge in [0.1, 0.15) is 0 Å². The Balaban J connectivity index is 1.69. The highest BCUT2D eigenvalue weighted by Gasteiger charge is 2.34. The van der Waals surface area contributed by atoms with Gasteiger partial charge in [-0.15, -0.1) is 0 Å². The van der Waals surface area contributed by atoms with Gasteiger partial charge in [-0.05, 0) is 47.5 Å². The van der Waals surface area contributed by atoms with Crippen molar-refractivity contribution in [3.05, 3.63) is 88.2 Å². The number of imidazole rings is 1. The molecular weight excluding hydrogens is 425 g/mol. The van der Waals surface area contributed by atoms with E-state index >= 15 is 0 Å². The maximum atomic E-state index is 13.8. The Labute approximate surface area is 179 Å². The van der Waals surface area contributed by atoms with Crippen LogP contribution < -0.4 is 5.32 Å². The van der Waals surface area contributed by atoms with Gasteiger partial charge in [-0.3, -0.25) is 14.9 Å². The Morgan fingerprint density at radius 2 is 1.81 bits per heavy atom. The Bertz CT molecular complexity index is 1350. The zero-order valence-corrected chi connectivity index (χ0v) is 16.6. The van der Waals surface area contributed by atoms with E-state index in [4.69, 9.17) is 0 Å². The van der Waals surface area contributed by atoms with Crippen molar-refractivity contribution in [2.45, 2.75) is 6.18 Å². The minimum Gasteiger partial charge on any atom is -0.334 e. The van der Waals surface area contributed by atoms with Gasteiger partial charge in [-0.2, -0.15) is 13.2 Å². The first-order chi connectivity index (χ1) is 15.1. The lowest BCUT2D eigenvalue weighted by Crippen LogP contribution is -2.12. The molecule has 1 N–H and O–H groups in total. The van der Waals surface area contributed by atoms with E-state index in [9.17, 15) is 28.1 Å². The summed E-state index contributed by atoms with van der Waals surface area (Å²) >= 11 is 0. The number of hydrogen-bond acceptors (Lipinski definition) is 4. The van der Waals surface area contributed by atoms with Crippen molar-refractivity contribution in [1.82, 2.24) is 9.55 Å². The predicted octanol–water partition coefficient (Wildman–Crippen LogP) is 5.42. The Morgan fingerprint density at radius 1 is 1.09 bits per heavy atom. The Morgan fingerprint density at radius 3 is 2.47 bits per heavy atom. The number of rotatable bonds is 4. The SMILES string of the molecule is Cn1cnc2cc(-c3cccc(NC(=O)c4ccc([N+](=O)[O-])cc4)c3)c(C(F)(F)F)cc21. The molecule has 3 aromatic carbocycles. The van der Waals surface area contributed by atoms with E-state index < -0.39 is 22.6 Å². The number of amides is 1. The van der Waals surface area contributed by atoms with Crippen molar-refractivity contribution >= 4 is 28.3 Å². The number of nitrogens with zero attached hydrogens (tertiary/aromatic N) is 3. The van der Waals surface area contributed by atoms with Gasteiger partial charge in [0.15, 0.2) is 0 Å². The fourth-order valence-electron chi connectivity index (χ4n) is 3.35. The van der Waals surface area contributed by atoms with Crippen LogP contribution >= 0.6 is 0 Å². The molecule has 162 valence electrons. The maximum absolute atomic E-state index is 13.8. The van der Waals surface area contributed by atoms with Crippen LogP contribution in [0.5, 0.6) is 0 Å². The molecule has 0 saturated carbocycles. The van der Waals surface area contributed by atoms with Crippen LogP contribution in [0.2, 0.25) is 0 Å². The third kappa shape index (κ3) is 4.02. The molecule has 1 aromatic heterocycles. The van der Waals surface area contributed by atoms with E-state index in [1.807, 2.05) is 0 Å². The van der Waals surface area contributed by atoms with Crippen LogP contribution in [0.4, 0.5) is 24.5 Å². The van der Waals surface area contributed by atoms with Crippen LogP contribution in [0, 0.1) is 10.1 Å². The lowest BCUT2D eigenvalue weighted by atomic mass is 9.98. The number of non-ortho nitro benzene ring substituents is 1. The molecule has 0 radical (unpaired) electrons. The molecule has 0 aliphatic rings. The fraction of sp³-hybridized carbons (Fsp3) is 0.0909. The zero-order chi connectivity index (χ0) is 23.0. The van der Waals surface area contributed by atoms with E-state index in [-0.39, 0.29) is 28.1 Å². The maximum Gasteiger partial charge on any atom is 0.417 e. The van der Waals surface area contributed by atoms with Crippen molar-refractivity contribution in [2.24, 2.45) is 7.05 Å². The summed E-state index contributed by atoms with van der Waals surface area (Å²) in [4.78, 5) is 26.8. The normalized spacial score (nSPS) is 11.5. The number of carbonyl (C=O) groups is 1. The molecule has 0 saturated heterocycles. The summed E-state index contributed by atoms with van der Waals surface area (Å²) in [6.45, 7) is 0. The predicted molar refractivity (Wildman–Crippen MR) is 112 cm³/mol. The molecule has 0 aliphatic heterocycles. The number of halogens is 3. The standard InChI is InChI=1S/C22H15F3N4O3/c1-28-12-26-19-10-17(18(11-20(19)28)22(23,24)25)14-3-2-4-15(9-14)27-21(30)13-5-7-16(8-6-13)29(31)32/h2-12H,1H3,(H,27,30). The van der Waals surface area contributed by atoms with E-state index in [2.05, 4.69) is 10.3 Å². The molecule has 32 heavy (non-hydrogen) atoms. The number of fused-ring (bicyclic) bond motifs is 1. The second kappa shape index (κ2) is 7.80. The highest BCUT2D eigenvalue weighted by atomic mass is 19.4. The number of aryl methyl sites for hydroxylation is 1. The number of anilines is 1. The van der Waals surface area contributed by atoms with Gasteiger partial charge < -0.3 is 9.88 Å². The highest BCUT2D eigenvalue weighted by Crippen LogP contribution is 2.39. The lowest BCUT2D eigenvalue weighted by molar-refractivity contribution is -0.384. The minimum absolute atomic E-state index is 0.0601. The smallest absolute Gasteiger partial charge is 0.334 e. The molecule has 1 amide bonds. The summed E-state index contributed by atoms with van der Waals surface area (Å²) < 4.78 is 42.8. The first kappa shape index (κ1) is 21.0. The molecule has 1 heterocycles. The van der Waals surface area contributed by atoms with Crippen molar-refractivity contribution in [2.75, 3.05) is 5.32 Å². The van der Waals surface area contributed by atoms with Gasteiger partial charge in [0, 0.05) is 30.4 Å². The van der Waals surface area contributed by atoms with Gasteiger partial charge in [0.25, 0.3) is 11.6 Å². The zero-order valence-electron chi connectivity index (χ0n) is 16.6. The number of hydrogen-bond donors (Lipinski definition) is 1. The first-order valence-electron chi connectivity index (χ1n) is 9.32. The second-order valence-corrected chi connectivity index (χ2v) is 7.08. The molecule has 0 spiro atoms. The monoisotopic (exact) mass is 440 g/mol. The Kier molecular flexibility index (Phi) is 5.13. The molecule has 0 fully saturated rings. The summed E-state index contributed by atoms with van der Waals surface area (Å²) in [6.07, 6.45) is -3.15. The van der Waals surface area contributed by atoms with E-state index in [1.165, 1.54) is 59.4 Å². The van der Waals surface area contributed by atoms with Gasteiger partial charge in [0.05, 0.1) is 27.8 Å². The lowest BCUT2D eigenvalue weighted by Gasteiger charge is -2.15.